The summed E-state index contributed by atoms with van der Waals surface area (Å²) in [6.45, 7) is 4.10. The number of hydrogen-bond acceptors (Lipinski definition) is 9. The van der Waals surface area contributed by atoms with Gasteiger partial charge in [0.2, 0.25) is 0 Å². The Morgan fingerprint density at radius 3 is 1.44 bits per heavy atom. The van der Waals surface area contributed by atoms with E-state index in [4.69, 9.17) is 34.3 Å². The van der Waals surface area contributed by atoms with E-state index in [-0.39, 0.29) is 0 Å². The van der Waals surface area contributed by atoms with Crippen LogP contribution < -0.4 is 5.73 Å². The van der Waals surface area contributed by atoms with Gasteiger partial charge in [0.1, 0.15) is 0 Å². The fraction of sp³-hybridized carbons (Fsp3) is 0.923. The number of hydrogen-bond donors (Lipinski definition) is 4. The van der Waals surface area contributed by atoms with Gasteiger partial charge in [0.05, 0.1) is 0 Å². The number of nitrogens with two attached hydrogens (primary N) is 1. The number of ether oxygens (including phenoxy) is 1. The number of alkyl halides is 1. The van der Waals surface area contributed by atoms with Crippen molar-refractivity contribution in [3.05, 3.63) is 0 Å². The molecule has 0 unspecified atom stereocenters. The van der Waals surface area contributed by atoms with Crippen LogP contribution in [-0.2, 0) is 18.0 Å². The summed E-state index contributed by atoms with van der Waals surface area (Å²) in [7, 11) is 5.50. The lowest BCUT2D eigenvalue weighted by Gasteiger charge is -2.23. The molecule has 0 aliphatic rings. The van der Waals surface area contributed by atoms with Crippen molar-refractivity contribution in [3.8, 4) is 0 Å². The third-order valence-electron chi connectivity index (χ3n) is 1.94. The number of aliphatic hydroxyl groups is 3. The molecule has 5 N–H and O–H groups in total. The van der Waals surface area contributed by atoms with Crippen LogP contribution in [0.5, 0.6) is 0 Å². The second-order valence-electron chi connectivity index (χ2n) is 3.89. The third kappa shape index (κ3) is 32.5. The van der Waals surface area contributed by atoms with Crippen LogP contribution in [0.1, 0.15) is 20.3 Å². The first-order chi connectivity index (χ1) is 11.7. The minimum Gasteiger partial charge on any atom is -0.440 e. The number of carbonyl (C=O) groups is 1. The van der Waals surface area contributed by atoms with Gasteiger partial charge in [-0.15, -0.1) is 0 Å². The van der Waals surface area contributed by atoms with E-state index >= 15 is 0 Å². The Morgan fingerprint density at radius 2 is 1.32 bits per heavy atom. The monoisotopic (exact) mass is 519 g/mol. The maximum absolute atomic E-state index is 10.1. The molecule has 0 spiro atoms. The van der Waals surface area contributed by atoms with Gasteiger partial charge in [-0.1, -0.05) is 0 Å². The largest absolute Gasteiger partial charge is 0.500 e. The summed E-state index contributed by atoms with van der Waals surface area (Å²) in [4.78, 5) is 9.66. The standard InChI is InChI=1S/C6H17NO3Si.C4H6Br2O2.3CH4O/c1-8-11(9-2,10-3)6-4-5-7;1-4(2,6)8-3(5)7;3*1-2/h4-7H2,1-3H3;1-2H3;3*2H,1H3. The molecule has 0 saturated heterocycles. The molecule has 0 rings (SSSR count). The summed E-state index contributed by atoms with van der Waals surface area (Å²) in [6.07, 6.45) is 0.877. The quantitative estimate of drug-likeness (QED) is 0.224. The van der Waals surface area contributed by atoms with Crippen molar-refractivity contribution in [3.63, 3.8) is 0 Å². The summed E-state index contributed by atoms with van der Waals surface area (Å²) in [5, 5.41) is 21.0. The normalized spacial score (nSPS) is 9.52. The predicted octanol–water partition coefficient (Wildman–Crippen LogP) is 1.69. The molecule has 25 heavy (non-hydrogen) atoms. The topological polar surface area (TPSA) is 141 Å². The van der Waals surface area contributed by atoms with Gasteiger partial charge >= 0.3 is 13.7 Å². The van der Waals surface area contributed by atoms with Crippen molar-refractivity contribution in [1.82, 2.24) is 0 Å². The molecule has 0 bridgehead atoms. The number of aliphatic hydroxyl groups excluding tert-OH is 3. The van der Waals surface area contributed by atoms with Gasteiger partial charge in [-0.2, -0.15) is 0 Å². The van der Waals surface area contributed by atoms with Gasteiger partial charge in [-0.25, -0.2) is 4.79 Å². The lowest BCUT2D eigenvalue weighted by atomic mass is 10.5. The summed E-state index contributed by atoms with van der Waals surface area (Å²) in [5.74, 6) is 0. The van der Waals surface area contributed by atoms with E-state index < -0.39 is 18.2 Å². The Labute approximate surface area is 169 Å². The molecule has 9 nitrogen and oxygen atoms in total. The molecule has 0 aromatic rings. The molecular weight excluding hydrogens is 486 g/mol. The maximum Gasteiger partial charge on any atom is 0.500 e. The van der Waals surface area contributed by atoms with E-state index in [1.54, 1.807) is 35.2 Å². The van der Waals surface area contributed by atoms with E-state index in [0.717, 1.165) is 33.8 Å². The zero-order valence-corrected chi connectivity index (χ0v) is 20.5. The second kappa shape index (κ2) is 26.6. The molecule has 158 valence electrons. The molecule has 0 amide bonds. The fourth-order valence-corrected chi connectivity index (χ4v) is 3.58. The van der Waals surface area contributed by atoms with Gasteiger partial charge < -0.3 is 39.1 Å². The minimum atomic E-state index is -2.32. The van der Waals surface area contributed by atoms with Crippen LogP contribution in [0.25, 0.3) is 0 Å². The molecule has 0 radical (unpaired) electrons. The lowest BCUT2D eigenvalue weighted by molar-refractivity contribution is 0.123. The molecule has 0 aliphatic heterocycles. The van der Waals surface area contributed by atoms with Crippen LogP contribution in [0.4, 0.5) is 4.79 Å². The third-order valence-corrected chi connectivity index (χ3v) is 5.10. The van der Waals surface area contributed by atoms with E-state index in [0.29, 0.717) is 6.54 Å². The number of rotatable bonds is 7. The first kappa shape index (κ1) is 36.3. The fourth-order valence-electron chi connectivity index (χ4n) is 1.07. The summed E-state index contributed by atoms with van der Waals surface area (Å²) in [6, 6.07) is 0.785. The highest BCUT2D eigenvalue weighted by Crippen LogP contribution is 2.18. The summed E-state index contributed by atoms with van der Waals surface area (Å²) >= 11 is 5.73. The Kier molecular flexibility index (Phi) is 38.6. The van der Waals surface area contributed by atoms with Crippen LogP contribution in [0.3, 0.4) is 0 Å². The van der Waals surface area contributed by atoms with Crippen molar-refractivity contribution in [2.45, 2.75) is 30.8 Å². The van der Waals surface area contributed by atoms with Crippen LogP contribution in [-0.4, -0.2) is 82.7 Å². The number of carbonyl (C=O) groups excluding carboxylic acids is 1. The van der Waals surface area contributed by atoms with Gasteiger partial charge in [-0.05, 0) is 42.7 Å². The Morgan fingerprint density at radius 1 is 1.00 bits per heavy atom. The molecule has 0 saturated carbocycles. The van der Waals surface area contributed by atoms with Crippen molar-refractivity contribution in [2.75, 3.05) is 49.2 Å². The van der Waals surface area contributed by atoms with Crippen molar-refractivity contribution in [2.24, 2.45) is 5.73 Å². The molecule has 0 heterocycles. The van der Waals surface area contributed by atoms with E-state index in [1.807, 2.05) is 0 Å². The van der Waals surface area contributed by atoms with Crippen LogP contribution >= 0.6 is 31.9 Å². The Hall–Kier alpha value is 0.367. The Balaban J connectivity index is -0.0000000838. The van der Waals surface area contributed by atoms with Crippen molar-refractivity contribution >= 4 is 45.5 Å². The zero-order valence-electron chi connectivity index (χ0n) is 16.3. The highest BCUT2D eigenvalue weighted by Gasteiger charge is 2.36. The minimum absolute atomic E-state index is 0.459. The molecule has 0 aromatic carbocycles. The molecule has 0 aliphatic carbocycles. The van der Waals surface area contributed by atoms with E-state index in [9.17, 15) is 4.79 Å². The summed E-state index contributed by atoms with van der Waals surface area (Å²) < 4.78 is 19.6. The first-order valence-electron chi connectivity index (χ1n) is 6.93. The van der Waals surface area contributed by atoms with E-state index in [1.165, 1.54) is 0 Å². The predicted molar refractivity (Wildman–Crippen MR) is 108 cm³/mol. The van der Waals surface area contributed by atoms with Gasteiger partial charge in [-0.3, -0.25) is 0 Å². The highest BCUT2D eigenvalue weighted by molar-refractivity contribution is 9.18. The van der Waals surface area contributed by atoms with Gasteiger partial charge in [0, 0.05) is 64.6 Å². The molecule has 0 aromatic heterocycles. The number of halogens is 2. The van der Waals surface area contributed by atoms with Crippen LogP contribution in [0, 0.1) is 0 Å². The molecule has 12 heteroatoms. The summed E-state index contributed by atoms with van der Waals surface area (Å²) in [5.41, 5.74) is 5.36. The highest BCUT2D eigenvalue weighted by atomic mass is 79.9. The SMILES string of the molecule is CC(C)(Br)OC(=O)Br.CO.CO.CO.CO[Si](CCCN)(OC)OC. The smallest absolute Gasteiger partial charge is 0.440 e. The van der Waals surface area contributed by atoms with Crippen molar-refractivity contribution < 1.29 is 38.1 Å². The Bertz CT molecular complexity index is 246. The van der Waals surface area contributed by atoms with Gasteiger partial charge in [0.15, 0.2) is 4.51 Å². The molecule has 0 fully saturated rings. The van der Waals surface area contributed by atoms with Crippen molar-refractivity contribution in [1.29, 1.82) is 0 Å². The average Bonchev–Trinajstić information content (AvgIpc) is 2.60. The van der Waals surface area contributed by atoms with Crippen LogP contribution in [0.2, 0.25) is 6.04 Å². The first-order valence-corrected chi connectivity index (χ1v) is 10.4. The lowest BCUT2D eigenvalue weighted by Crippen LogP contribution is -2.42. The van der Waals surface area contributed by atoms with Crippen LogP contribution in [0.15, 0.2) is 0 Å². The average molecular weight is 521 g/mol. The molecule has 0 atom stereocenters. The zero-order chi connectivity index (χ0) is 21.5. The molecular formula is C13H35Br2NO8Si. The van der Waals surface area contributed by atoms with Gasteiger partial charge in [0.25, 0.3) is 0 Å². The second-order valence-corrected chi connectivity index (χ2v) is 9.54. The van der Waals surface area contributed by atoms with E-state index in [2.05, 4.69) is 36.6 Å². The maximum atomic E-state index is 10.1.